The number of hydrogen-bond donors (Lipinski definition) is 2. The second-order valence-electron chi connectivity index (χ2n) is 6.44. The Morgan fingerprint density at radius 2 is 1.88 bits per heavy atom. The first-order chi connectivity index (χ1) is 12.8. The Labute approximate surface area is 152 Å². The number of imidazole rings is 1. The lowest BCUT2D eigenvalue weighted by atomic mass is 9.97. The summed E-state index contributed by atoms with van der Waals surface area (Å²) < 4.78 is 7.48. The van der Waals surface area contributed by atoms with Crippen molar-refractivity contribution in [3.05, 3.63) is 48.5 Å². The molecule has 6 heteroatoms. The van der Waals surface area contributed by atoms with E-state index in [1.165, 1.54) is 0 Å². The number of anilines is 1. The lowest BCUT2D eigenvalue weighted by molar-refractivity contribution is -0.120. The van der Waals surface area contributed by atoms with E-state index in [-0.39, 0.29) is 11.8 Å². The summed E-state index contributed by atoms with van der Waals surface area (Å²) in [5.74, 6) is 1.30. The standard InChI is InChI=1S/C20H22N4O2/c1-26-18-9-5-4-8-17(18)24-16-7-3-2-6-15(16)22-20(24)23-19(25)14-10-12-21-13-11-14/h2-9,14,21H,10-13H2,1H3,(H,22,23,25). The zero-order valence-electron chi connectivity index (χ0n) is 14.7. The van der Waals surface area contributed by atoms with E-state index in [4.69, 9.17) is 4.74 Å². The van der Waals surface area contributed by atoms with Crippen LogP contribution in [-0.4, -0.2) is 35.7 Å². The van der Waals surface area contributed by atoms with Gasteiger partial charge in [-0.05, 0) is 50.2 Å². The third-order valence-corrected chi connectivity index (χ3v) is 4.83. The first-order valence-corrected chi connectivity index (χ1v) is 8.90. The molecule has 1 fully saturated rings. The minimum atomic E-state index is 0.0159. The Kier molecular flexibility index (Phi) is 4.58. The van der Waals surface area contributed by atoms with Crippen molar-refractivity contribution in [2.75, 3.05) is 25.5 Å². The molecule has 1 aliphatic rings. The smallest absolute Gasteiger partial charge is 0.229 e. The molecule has 0 spiro atoms. The predicted octanol–water partition coefficient (Wildman–Crippen LogP) is 2.97. The van der Waals surface area contributed by atoms with Crippen LogP contribution in [0.1, 0.15) is 12.8 Å². The number of carbonyl (C=O) groups is 1. The summed E-state index contributed by atoms with van der Waals surface area (Å²) in [6.07, 6.45) is 1.70. The van der Waals surface area contributed by atoms with Gasteiger partial charge in [0.1, 0.15) is 5.75 Å². The number of rotatable bonds is 4. The summed E-state index contributed by atoms with van der Waals surface area (Å²) in [5.41, 5.74) is 2.61. The maximum atomic E-state index is 12.8. The van der Waals surface area contributed by atoms with Gasteiger partial charge in [0.05, 0.1) is 23.8 Å². The molecular formula is C20H22N4O2. The van der Waals surface area contributed by atoms with Crippen LogP contribution in [0.15, 0.2) is 48.5 Å². The van der Waals surface area contributed by atoms with E-state index in [0.717, 1.165) is 48.4 Å². The maximum absolute atomic E-state index is 12.8. The summed E-state index contributed by atoms with van der Waals surface area (Å²) in [7, 11) is 1.64. The number of benzene rings is 2. The molecule has 2 heterocycles. The van der Waals surface area contributed by atoms with E-state index in [2.05, 4.69) is 15.6 Å². The van der Waals surface area contributed by atoms with E-state index in [0.29, 0.717) is 5.95 Å². The fourth-order valence-electron chi connectivity index (χ4n) is 3.46. The first kappa shape index (κ1) is 16.6. The van der Waals surface area contributed by atoms with Crippen LogP contribution < -0.4 is 15.4 Å². The Balaban J connectivity index is 1.78. The van der Waals surface area contributed by atoms with Crippen molar-refractivity contribution in [1.29, 1.82) is 0 Å². The van der Waals surface area contributed by atoms with Crippen molar-refractivity contribution in [1.82, 2.24) is 14.9 Å². The number of ether oxygens (including phenoxy) is 1. The summed E-state index contributed by atoms with van der Waals surface area (Å²) in [6, 6.07) is 15.6. The number of nitrogens with zero attached hydrogens (tertiary/aromatic N) is 2. The number of hydrogen-bond acceptors (Lipinski definition) is 4. The Hall–Kier alpha value is -2.86. The molecule has 2 N–H and O–H groups in total. The molecular weight excluding hydrogens is 328 g/mol. The Bertz CT molecular complexity index is 928. The molecule has 0 aliphatic carbocycles. The molecule has 1 aromatic heterocycles. The van der Waals surface area contributed by atoms with E-state index < -0.39 is 0 Å². The summed E-state index contributed by atoms with van der Waals surface area (Å²) >= 11 is 0. The molecule has 2 aromatic carbocycles. The van der Waals surface area contributed by atoms with Gasteiger partial charge in [-0.1, -0.05) is 24.3 Å². The molecule has 1 aliphatic heterocycles. The molecule has 0 atom stereocenters. The van der Waals surface area contributed by atoms with Crippen molar-refractivity contribution in [2.45, 2.75) is 12.8 Å². The number of fused-ring (bicyclic) bond motifs is 1. The molecule has 0 bridgehead atoms. The molecule has 3 aromatic rings. The summed E-state index contributed by atoms with van der Waals surface area (Å²) in [6.45, 7) is 1.75. The van der Waals surface area contributed by atoms with Crippen LogP contribution >= 0.6 is 0 Å². The normalized spacial score (nSPS) is 15.1. The highest BCUT2D eigenvalue weighted by atomic mass is 16.5. The lowest BCUT2D eigenvalue weighted by Crippen LogP contribution is -2.35. The zero-order chi connectivity index (χ0) is 17.9. The minimum Gasteiger partial charge on any atom is -0.495 e. The van der Waals surface area contributed by atoms with E-state index in [9.17, 15) is 4.79 Å². The van der Waals surface area contributed by atoms with E-state index >= 15 is 0 Å². The highest BCUT2D eigenvalue weighted by molar-refractivity contribution is 5.94. The van der Waals surface area contributed by atoms with Crippen LogP contribution in [0, 0.1) is 5.92 Å². The molecule has 6 nitrogen and oxygen atoms in total. The highest BCUT2D eigenvalue weighted by Crippen LogP contribution is 2.30. The van der Waals surface area contributed by atoms with Crippen LogP contribution in [0.5, 0.6) is 5.75 Å². The van der Waals surface area contributed by atoms with Crippen LogP contribution in [0.3, 0.4) is 0 Å². The number of methoxy groups -OCH3 is 1. The fourth-order valence-corrected chi connectivity index (χ4v) is 3.46. The lowest BCUT2D eigenvalue weighted by Gasteiger charge is -2.22. The van der Waals surface area contributed by atoms with Gasteiger partial charge in [0.25, 0.3) is 0 Å². The van der Waals surface area contributed by atoms with Crippen molar-refractivity contribution >= 4 is 22.9 Å². The van der Waals surface area contributed by atoms with Gasteiger partial charge in [0.2, 0.25) is 11.9 Å². The van der Waals surface area contributed by atoms with Gasteiger partial charge in [-0.25, -0.2) is 4.98 Å². The van der Waals surface area contributed by atoms with E-state index in [1.54, 1.807) is 7.11 Å². The molecule has 0 saturated carbocycles. The Morgan fingerprint density at radius 1 is 1.15 bits per heavy atom. The second kappa shape index (κ2) is 7.17. The number of carbonyl (C=O) groups excluding carboxylic acids is 1. The fraction of sp³-hybridized carbons (Fsp3) is 0.300. The third kappa shape index (κ3) is 3.04. The zero-order valence-corrected chi connectivity index (χ0v) is 14.7. The van der Waals surface area contributed by atoms with Crippen LogP contribution in [0.25, 0.3) is 16.7 Å². The average Bonchev–Trinajstić information content (AvgIpc) is 3.06. The predicted molar refractivity (Wildman–Crippen MR) is 102 cm³/mol. The molecule has 26 heavy (non-hydrogen) atoms. The van der Waals surface area contributed by atoms with Crippen LogP contribution in [-0.2, 0) is 4.79 Å². The van der Waals surface area contributed by atoms with Gasteiger partial charge in [0.15, 0.2) is 0 Å². The second-order valence-corrected chi connectivity index (χ2v) is 6.44. The van der Waals surface area contributed by atoms with E-state index in [1.807, 2.05) is 53.1 Å². The number of aromatic nitrogens is 2. The van der Waals surface area contributed by atoms with Crippen molar-refractivity contribution in [3.63, 3.8) is 0 Å². The maximum Gasteiger partial charge on any atom is 0.229 e. The number of amides is 1. The van der Waals surface area contributed by atoms with Gasteiger partial charge < -0.3 is 10.1 Å². The highest BCUT2D eigenvalue weighted by Gasteiger charge is 2.24. The molecule has 0 radical (unpaired) electrons. The van der Waals surface area contributed by atoms with Crippen molar-refractivity contribution in [2.24, 2.45) is 5.92 Å². The number of nitrogens with one attached hydrogen (secondary N) is 2. The van der Waals surface area contributed by atoms with Gasteiger partial charge >= 0.3 is 0 Å². The largest absolute Gasteiger partial charge is 0.495 e. The van der Waals surface area contributed by atoms with Gasteiger partial charge in [-0.15, -0.1) is 0 Å². The first-order valence-electron chi connectivity index (χ1n) is 8.90. The monoisotopic (exact) mass is 350 g/mol. The number of piperidine rings is 1. The van der Waals surface area contributed by atoms with Crippen molar-refractivity contribution in [3.8, 4) is 11.4 Å². The average molecular weight is 350 g/mol. The Morgan fingerprint density at radius 3 is 2.69 bits per heavy atom. The van der Waals surface area contributed by atoms with Crippen LogP contribution in [0.2, 0.25) is 0 Å². The molecule has 4 rings (SSSR count). The quantitative estimate of drug-likeness (QED) is 0.759. The minimum absolute atomic E-state index is 0.0159. The van der Waals surface area contributed by atoms with Crippen molar-refractivity contribution < 1.29 is 9.53 Å². The molecule has 0 unspecified atom stereocenters. The summed E-state index contributed by atoms with van der Waals surface area (Å²) in [5, 5.41) is 6.34. The van der Waals surface area contributed by atoms with Gasteiger partial charge in [-0.2, -0.15) is 0 Å². The van der Waals surface area contributed by atoms with Gasteiger partial charge in [-0.3, -0.25) is 14.7 Å². The van der Waals surface area contributed by atoms with Crippen LogP contribution in [0.4, 0.5) is 5.95 Å². The topological polar surface area (TPSA) is 68.2 Å². The van der Waals surface area contributed by atoms with Gasteiger partial charge in [0, 0.05) is 5.92 Å². The molecule has 1 saturated heterocycles. The molecule has 1 amide bonds. The SMILES string of the molecule is COc1ccccc1-n1c(NC(=O)C2CCNCC2)nc2ccccc21. The molecule has 134 valence electrons. The number of para-hydroxylation sites is 4. The third-order valence-electron chi connectivity index (χ3n) is 4.83. The summed E-state index contributed by atoms with van der Waals surface area (Å²) in [4.78, 5) is 17.4.